The van der Waals surface area contributed by atoms with Gasteiger partial charge in [-0.25, -0.2) is 9.59 Å². The second kappa shape index (κ2) is 32.1. The fraction of sp³-hybridized carbons (Fsp3) is 0.778. The molecule has 8 fully saturated rings. The molecule has 10 rings (SSSR count). The third kappa shape index (κ3) is 19.0. The maximum atomic E-state index is 14.0. The van der Waals surface area contributed by atoms with E-state index in [2.05, 4.69) is 38.8 Å². The number of hydrogen-bond donors (Lipinski definition) is 7. The van der Waals surface area contributed by atoms with Crippen molar-refractivity contribution in [2.24, 2.45) is 28.4 Å². The first-order valence-corrected chi connectivity index (χ1v) is 34.2. The molecule has 20 heteroatoms. The molecule has 0 bridgehead atoms. The molecule has 17 nitrogen and oxygen atoms in total. The van der Waals surface area contributed by atoms with E-state index in [4.69, 9.17) is 5.73 Å². The van der Waals surface area contributed by atoms with E-state index < -0.39 is 11.8 Å². The highest BCUT2D eigenvalue weighted by atomic mass is 35.5. The molecular formula is C63H102ClN11O6S2. The number of urea groups is 2. The summed E-state index contributed by atoms with van der Waals surface area (Å²) in [7, 11) is 0. The number of rotatable bonds is 22. The molecule has 8 N–H and O–H groups in total. The molecule has 8 amide bonds. The normalized spacial score (nSPS) is 24.8. The molecule has 0 radical (unpaired) electrons. The van der Waals surface area contributed by atoms with E-state index in [1.165, 1.54) is 64.2 Å². The van der Waals surface area contributed by atoms with Crippen LogP contribution in [0.25, 0.3) is 0 Å². The van der Waals surface area contributed by atoms with Gasteiger partial charge >= 0.3 is 12.1 Å². The maximum Gasteiger partial charge on any atom is 0.317 e. The molecule has 2 aromatic rings. The van der Waals surface area contributed by atoms with E-state index >= 15 is 0 Å². The molecule has 4 aliphatic heterocycles. The topological polar surface area (TPSA) is 214 Å². The van der Waals surface area contributed by atoms with E-state index in [0.29, 0.717) is 81.6 Å². The number of carbonyl (C=O) groups is 6. The molecular weight excluding hydrogens is 1110 g/mol. The lowest BCUT2D eigenvalue weighted by atomic mass is 9.89. The molecule has 83 heavy (non-hydrogen) atoms. The molecule has 6 atom stereocenters. The summed E-state index contributed by atoms with van der Waals surface area (Å²) in [4.78, 5) is 91.5. The Balaban J connectivity index is 0.000000214. The van der Waals surface area contributed by atoms with Crippen molar-refractivity contribution in [2.45, 2.75) is 230 Å². The quantitative estimate of drug-likeness (QED) is 0.0560. The van der Waals surface area contributed by atoms with Crippen LogP contribution in [0.15, 0.2) is 35.0 Å². The predicted octanol–water partition coefficient (Wildman–Crippen LogP) is 9.05. The molecule has 8 aliphatic rings. The molecule has 4 saturated carbocycles. The highest BCUT2D eigenvalue weighted by Gasteiger charge is 2.48. The number of nitrogens with zero attached hydrogens (tertiary/aromatic N) is 4. The minimum atomic E-state index is -0.490. The Morgan fingerprint density at radius 1 is 0.542 bits per heavy atom. The number of amides is 8. The van der Waals surface area contributed by atoms with Crippen molar-refractivity contribution >= 4 is 70.8 Å². The monoisotopic (exact) mass is 1210 g/mol. The van der Waals surface area contributed by atoms with Crippen LogP contribution in [-0.4, -0.2) is 150 Å². The van der Waals surface area contributed by atoms with Crippen molar-refractivity contribution in [3.63, 3.8) is 0 Å². The van der Waals surface area contributed by atoms with Crippen molar-refractivity contribution in [1.82, 2.24) is 51.5 Å². The second-order valence-electron chi connectivity index (χ2n) is 25.9. The largest absolute Gasteiger partial charge is 0.351 e. The van der Waals surface area contributed by atoms with Gasteiger partial charge < -0.3 is 57.2 Å². The fourth-order valence-electron chi connectivity index (χ4n) is 14.0. The zero-order valence-electron chi connectivity index (χ0n) is 50.0. The van der Waals surface area contributed by atoms with Gasteiger partial charge in [-0.2, -0.15) is 0 Å². The van der Waals surface area contributed by atoms with Gasteiger partial charge in [0.05, 0.1) is 37.0 Å². The highest BCUT2D eigenvalue weighted by Crippen LogP contribution is 2.54. The Hall–Kier alpha value is -4.01. The summed E-state index contributed by atoms with van der Waals surface area (Å²) in [6.07, 6.45) is 29.3. The lowest BCUT2D eigenvalue weighted by Crippen LogP contribution is -2.61. The van der Waals surface area contributed by atoms with Crippen LogP contribution in [0.2, 0.25) is 0 Å². The number of likely N-dealkylation sites (tertiary alicyclic amines) is 4. The standard InChI is InChI=1S/C32H51N5O3S.C31H50N6O3S.ClH/c1-2-3-5-12-28(34-24-9-6-4-7-10-24)30(39)37-18-13-27(26(23-37)29(38)33-22-25-11-8-21-41-25)35-31(40)36-19-16-32(14-15-32)17-20-36;32-16-5-4-10-27(34-23-7-2-1-3-8-23)29(39)37-17-11-26(25(22-37)28(38)33-21-24-9-6-20-41-24)35-30(40)36-18-14-31(12-13-31)15-19-36;/h8,11,21,24,26-28,34H,2-7,9-10,12-20,22-23H2,1H3,(H,33,38)(H,35,40);6,9,20,23,25-27,34H,1-5,7-8,10-19,21-22,32H2,(H,33,38)(H,35,40);1H/t26-,27+,28+;25-,26+,27+;/m00./s1. The molecule has 464 valence electrons. The maximum absolute atomic E-state index is 14.0. The van der Waals surface area contributed by atoms with Gasteiger partial charge in [-0.05, 0) is 149 Å². The van der Waals surface area contributed by atoms with Crippen LogP contribution < -0.4 is 37.6 Å². The number of unbranched alkanes of at least 4 members (excludes halogenated alkanes) is 3. The average molecular weight is 1210 g/mol. The first-order chi connectivity index (χ1) is 39.9. The summed E-state index contributed by atoms with van der Waals surface area (Å²) >= 11 is 3.23. The summed E-state index contributed by atoms with van der Waals surface area (Å²) < 4.78 is 0. The van der Waals surface area contributed by atoms with Gasteiger partial charge in [-0.1, -0.05) is 83.3 Å². The van der Waals surface area contributed by atoms with E-state index in [1.807, 2.05) is 54.6 Å². The SMILES string of the molecule is CCCCC[C@@H](NC1CCCCC1)C(=O)N1CC[C@@H](NC(=O)N2CCC3(CC2)CC3)[C@@H](C(=O)NCc2cccs2)C1.Cl.NCCCC[C@@H](NC1CCCCC1)C(=O)N1CC[C@@H](NC(=O)N2CCC3(CC2)CC3)[C@@H](C(=O)NCc2cccs2)C1. The van der Waals surface area contributed by atoms with Crippen LogP contribution in [0.3, 0.4) is 0 Å². The molecule has 2 spiro atoms. The zero-order chi connectivity index (χ0) is 57.3. The van der Waals surface area contributed by atoms with Crippen molar-refractivity contribution in [3.05, 3.63) is 44.8 Å². The number of nitrogens with two attached hydrogens (primary N) is 1. The molecule has 4 saturated heterocycles. The molecule has 0 aromatic carbocycles. The Bertz CT molecular complexity index is 2160. The number of carbonyl (C=O) groups excluding carboxylic acids is 6. The van der Waals surface area contributed by atoms with Gasteiger partial charge in [0.1, 0.15) is 0 Å². The molecule has 4 aliphatic carbocycles. The van der Waals surface area contributed by atoms with Crippen LogP contribution >= 0.6 is 35.1 Å². The number of halogens is 1. The van der Waals surface area contributed by atoms with E-state index in [-0.39, 0.29) is 72.3 Å². The Morgan fingerprint density at radius 3 is 1.31 bits per heavy atom. The summed E-state index contributed by atoms with van der Waals surface area (Å²) in [5.74, 6) is -0.939. The Labute approximate surface area is 510 Å². The second-order valence-corrected chi connectivity index (χ2v) is 28.0. The van der Waals surface area contributed by atoms with Crippen molar-refractivity contribution < 1.29 is 28.8 Å². The van der Waals surface area contributed by atoms with Crippen LogP contribution in [0.5, 0.6) is 0 Å². The van der Waals surface area contributed by atoms with Crippen molar-refractivity contribution in [3.8, 4) is 0 Å². The number of thiophene rings is 2. The van der Waals surface area contributed by atoms with Crippen molar-refractivity contribution in [1.29, 1.82) is 0 Å². The van der Waals surface area contributed by atoms with Crippen molar-refractivity contribution in [2.75, 3.05) is 58.9 Å². The first kappa shape index (κ1) is 65.0. The van der Waals surface area contributed by atoms with E-state index in [0.717, 1.165) is 132 Å². The summed E-state index contributed by atoms with van der Waals surface area (Å²) in [6.45, 7) is 8.69. The fourth-order valence-corrected chi connectivity index (χ4v) is 15.3. The molecule has 2 aromatic heterocycles. The smallest absolute Gasteiger partial charge is 0.317 e. The van der Waals surface area contributed by atoms with Gasteiger partial charge in [0.2, 0.25) is 23.6 Å². The number of hydrogen-bond acceptors (Lipinski definition) is 11. The van der Waals surface area contributed by atoms with Crippen LogP contribution in [0.4, 0.5) is 9.59 Å². The lowest BCUT2D eigenvalue weighted by molar-refractivity contribution is -0.140. The van der Waals surface area contributed by atoms with Gasteiger partial charge in [0.15, 0.2) is 0 Å². The molecule has 6 heterocycles. The number of piperidine rings is 4. The van der Waals surface area contributed by atoms with Gasteiger partial charge in [-0.15, -0.1) is 35.1 Å². The lowest BCUT2D eigenvalue weighted by Gasteiger charge is -2.41. The third-order valence-corrected chi connectivity index (χ3v) is 21.8. The zero-order valence-corrected chi connectivity index (χ0v) is 52.4. The first-order valence-electron chi connectivity index (χ1n) is 32.4. The molecule has 0 unspecified atom stereocenters. The van der Waals surface area contributed by atoms with Gasteiger partial charge in [0.25, 0.3) is 0 Å². The Kier molecular flexibility index (Phi) is 25.1. The summed E-state index contributed by atoms with van der Waals surface area (Å²) in [5, 5.41) is 24.1. The Morgan fingerprint density at radius 2 is 0.952 bits per heavy atom. The van der Waals surface area contributed by atoms with E-state index in [9.17, 15) is 28.8 Å². The summed E-state index contributed by atoms with van der Waals surface area (Å²) in [5.41, 5.74) is 6.77. The van der Waals surface area contributed by atoms with E-state index in [1.54, 1.807) is 22.7 Å². The third-order valence-electron chi connectivity index (χ3n) is 20.0. The number of nitrogens with one attached hydrogen (secondary N) is 6. The van der Waals surface area contributed by atoms with Crippen LogP contribution in [-0.2, 0) is 32.3 Å². The van der Waals surface area contributed by atoms with Gasteiger partial charge in [-0.3, -0.25) is 19.2 Å². The summed E-state index contributed by atoms with van der Waals surface area (Å²) in [6, 6.07) is 7.60. The van der Waals surface area contributed by atoms with Crippen LogP contribution in [0.1, 0.15) is 190 Å². The average Bonchev–Trinajstić information content (AvgIpc) is 4.49. The minimum absolute atomic E-state index is 0. The predicted molar refractivity (Wildman–Crippen MR) is 333 cm³/mol. The van der Waals surface area contributed by atoms with Crippen LogP contribution in [0, 0.1) is 22.7 Å². The van der Waals surface area contributed by atoms with Gasteiger partial charge in [0, 0.05) is 86.3 Å². The highest BCUT2D eigenvalue weighted by molar-refractivity contribution is 7.10. The minimum Gasteiger partial charge on any atom is -0.351 e.